The Morgan fingerprint density at radius 1 is 1.08 bits per heavy atom. The molecule has 3 heterocycles. The van der Waals surface area contributed by atoms with E-state index in [-0.39, 0.29) is 18.0 Å². The number of aromatic nitrogens is 7. The van der Waals surface area contributed by atoms with Crippen LogP contribution in [-0.4, -0.2) is 40.6 Å². The summed E-state index contributed by atoms with van der Waals surface area (Å²) >= 11 is 0. The third-order valence-electron chi connectivity index (χ3n) is 6.72. The Morgan fingerprint density at radius 3 is 2.68 bits per heavy atom. The molecule has 37 heavy (non-hydrogen) atoms. The predicted molar refractivity (Wildman–Crippen MR) is 139 cm³/mol. The van der Waals surface area contributed by atoms with Gasteiger partial charge in [-0.2, -0.15) is 5.10 Å². The molecule has 1 amide bonds. The molecule has 3 aromatic heterocycles. The van der Waals surface area contributed by atoms with Crippen LogP contribution in [0.5, 0.6) is 0 Å². The van der Waals surface area contributed by atoms with Crippen molar-refractivity contribution >= 4 is 22.8 Å². The minimum Gasteiger partial charge on any atom is -0.383 e. The fraction of sp³-hybridized carbons (Fsp3) is 0.185. The molecule has 6 rings (SSSR count). The predicted octanol–water partition coefficient (Wildman–Crippen LogP) is 3.65. The van der Waals surface area contributed by atoms with Gasteiger partial charge in [-0.1, -0.05) is 59.8 Å². The SMILES string of the molecule is Cc1ccccc1C(=O)NCc1ccc(-c2nn(C3C=CC(n4ccnn4)C3)c3ncnc(N)c23)cc1. The largest absolute Gasteiger partial charge is 0.383 e. The van der Waals surface area contributed by atoms with E-state index in [9.17, 15) is 4.79 Å². The number of nitrogens with zero attached hydrogens (tertiary/aromatic N) is 7. The molecule has 2 unspecified atom stereocenters. The van der Waals surface area contributed by atoms with Crippen molar-refractivity contribution in [3.05, 3.63) is 96.1 Å². The molecule has 5 aromatic rings. The maximum Gasteiger partial charge on any atom is 0.251 e. The van der Waals surface area contributed by atoms with Crippen molar-refractivity contribution in [1.29, 1.82) is 0 Å². The fourth-order valence-electron chi connectivity index (χ4n) is 4.75. The van der Waals surface area contributed by atoms with Gasteiger partial charge in [-0.25, -0.2) is 19.3 Å². The van der Waals surface area contributed by atoms with Crippen LogP contribution in [0.25, 0.3) is 22.3 Å². The second-order valence-corrected chi connectivity index (χ2v) is 9.08. The second kappa shape index (κ2) is 9.30. The molecule has 184 valence electrons. The molecule has 3 N–H and O–H groups in total. The van der Waals surface area contributed by atoms with Crippen LogP contribution in [0.4, 0.5) is 5.82 Å². The fourth-order valence-corrected chi connectivity index (χ4v) is 4.75. The first-order chi connectivity index (χ1) is 18.1. The summed E-state index contributed by atoms with van der Waals surface area (Å²) in [5.74, 6) is 0.293. The number of anilines is 1. The van der Waals surface area contributed by atoms with E-state index >= 15 is 0 Å². The minimum absolute atomic E-state index is 0.00400. The number of amides is 1. The van der Waals surface area contributed by atoms with Gasteiger partial charge in [-0.05, 0) is 30.5 Å². The van der Waals surface area contributed by atoms with Gasteiger partial charge in [-0.3, -0.25) is 4.79 Å². The zero-order valence-corrected chi connectivity index (χ0v) is 20.2. The maximum atomic E-state index is 12.6. The standard InChI is InChI=1S/C27H25N9O/c1-17-4-2-3-5-22(17)27(37)29-15-18-6-8-19(9-7-18)24-23-25(28)30-16-31-26(23)36(33-24)21-11-10-20(14-21)35-13-12-32-34-35/h2-13,16,20-21H,14-15H2,1H3,(H,29,37)(H2,28,30,31). The van der Waals surface area contributed by atoms with Crippen LogP contribution in [0, 0.1) is 6.92 Å². The van der Waals surface area contributed by atoms with Crippen molar-refractivity contribution < 1.29 is 4.79 Å². The molecular weight excluding hydrogens is 466 g/mol. The highest BCUT2D eigenvalue weighted by atomic mass is 16.1. The second-order valence-electron chi connectivity index (χ2n) is 9.08. The summed E-state index contributed by atoms with van der Waals surface area (Å²) in [7, 11) is 0. The van der Waals surface area contributed by atoms with E-state index in [1.807, 2.05) is 71.0 Å². The van der Waals surface area contributed by atoms with Crippen molar-refractivity contribution in [2.24, 2.45) is 0 Å². The highest BCUT2D eigenvalue weighted by Gasteiger charge is 2.27. The van der Waals surface area contributed by atoms with E-state index in [2.05, 4.69) is 37.7 Å². The molecule has 2 atom stereocenters. The summed E-state index contributed by atoms with van der Waals surface area (Å²) in [6.45, 7) is 2.35. The van der Waals surface area contributed by atoms with Gasteiger partial charge in [0, 0.05) is 23.9 Å². The van der Waals surface area contributed by atoms with Crippen LogP contribution in [-0.2, 0) is 6.54 Å². The number of hydrogen-bond donors (Lipinski definition) is 2. The van der Waals surface area contributed by atoms with Gasteiger partial charge in [0.15, 0.2) is 5.65 Å². The molecular formula is C27H25N9O. The smallest absolute Gasteiger partial charge is 0.251 e. The lowest BCUT2D eigenvalue weighted by Crippen LogP contribution is -2.23. The Labute approximate surface area is 212 Å². The van der Waals surface area contributed by atoms with Crippen molar-refractivity contribution in [3.8, 4) is 11.3 Å². The molecule has 2 aromatic carbocycles. The molecule has 0 bridgehead atoms. The Kier molecular flexibility index (Phi) is 5.68. The van der Waals surface area contributed by atoms with Crippen LogP contribution in [0.3, 0.4) is 0 Å². The van der Waals surface area contributed by atoms with Gasteiger partial charge < -0.3 is 11.1 Å². The molecule has 10 heteroatoms. The highest BCUT2D eigenvalue weighted by molar-refractivity contribution is 5.98. The number of nitrogens with one attached hydrogen (secondary N) is 1. The van der Waals surface area contributed by atoms with E-state index in [1.54, 1.807) is 6.20 Å². The van der Waals surface area contributed by atoms with Crippen molar-refractivity contribution in [2.75, 3.05) is 5.73 Å². The number of carbonyl (C=O) groups is 1. The normalized spacial score (nSPS) is 16.9. The Morgan fingerprint density at radius 2 is 1.89 bits per heavy atom. The summed E-state index contributed by atoms with van der Waals surface area (Å²) < 4.78 is 3.75. The molecule has 0 radical (unpaired) electrons. The number of allylic oxidation sites excluding steroid dienone is 2. The van der Waals surface area contributed by atoms with E-state index < -0.39 is 0 Å². The molecule has 0 spiro atoms. The molecule has 10 nitrogen and oxygen atoms in total. The monoisotopic (exact) mass is 491 g/mol. The number of fused-ring (bicyclic) bond motifs is 1. The number of carbonyl (C=O) groups excluding carboxylic acids is 1. The third-order valence-corrected chi connectivity index (χ3v) is 6.72. The van der Waals surface area contributed by atoms with Crippen molar-refractivity contribution in [1.82, 2.24) is 40.1 Å². The molecule has 0 fully saturated rings. The van der Waals surface area contributed by atoms with Crippen molar-refractivity contribution in [2.45, 2.75) is 32.0 Å². The average Bonchev–Trinajstić information content (AvgIpc) is 3.68. The Balaban J connectivity index is 1.25. The van der Waals surface area contributed by atoms with Crippen molar-refractivity contribution in [3.63, 3.8) is 0 Å². The summed E-state index contributed by atoms with van der Waals surface area (Å²) in [5, 5.41) is 16.7. The zero-order valence-electron chi connectivity index (χ0n) is 20.2. The quantitative estimate of drug-likeness (QED) is 0.347. The topological polar surface area (TPSA) is 129 Å². The highest BCUT2D eigenvalue weighted by Crippen LogP contribution is 2.36. The van der Waals surface area contributed by atoms with E-state index in [0.29, 0.717) is 23.6 Å². The lowest BCUT2D eigenvalue weighted by Gasteiger charge is -2.13. The average molecular weight is 492 g/mol. The number of benzene rings is 2. The summed E-state index contributed by atoms with van der Waals surface area (Å²) in [6.07, 6.45) is 10.00. The Bertz CT molecular complexity index is 1600. The van der Waals surface area contributed by atoms with Gasteiger partial charge in [0.25, 0.3) is 5.91 Å². The first-order valence-electron chi connectivity index (χ1n) is 12.0. The van der Waals surface area contributed by atoms with Gasteiger partial charge >= 0.3 is 0 Å². The van der Waals surface area contributed by atoms with Gasteiger partial charge in [0.05, 0.1) is 23.7 Å². The van der Waals surface area contributed by atoms with Crippen LogP contribution >= 0.6 is 0 Å². The van der Waals surface area contributed by atoms with E-state index in [0.717, 1.165) is 34.2 Å². The zero-order chi connectivity index (χ0) is 25.4. The van der Waals surface area contributed by atoms with E-state index in [1.165, 1.54) is 6.33 Å². The first-order valence-corrected chi connectivity index (χ1v) is 12.0. The molecule has 0 saturated heterocycles. The van der Waals surface area contributed by atoms with Gasteiger partial charge in [0.1, 0.15) is 17.8 Å². The van der Waals surface area contributed by atoms with Crippen LogP contribution in [0.15, 0.2) is 79.4 Å². The molecule has 1 aliphatic rings. The number of nitrogen functional groups attached to an aromatic ring is 1. The number of rotatable bonds is 6. The Hall–Kier alpha value is -4.86. The maximum absolute atomic E-state index is 12.6. The van der Waals surface area contributed by atoms with Crippen LogP contribution in [0.1, 0.15) is 40.0 Å². The number of nitrogens with two attached hydrogens (primary N) is 1. The minimum atomic E-state index is -0.0920. The van der Waals surface area contributed by atoms with Gasteiger partial charge in [-0.15, -0.1) is 5.10 Å². The van der Waals surface area contributed by atoms with Crippen LogP contribution in [0.2, 0.25) is 0 Å². The molecule has 0 aliphatic heterocycles. The summed E-state index contributed by atoms with van der Waals surface area (Å²) in [4.78, 5) is 21.3. The molecule has 1 aliphatic carbocycles. The summed E-state index contributed by atoms with van der Waals surface area (Å²) in [6, 6.07) is 15.6. The third kappa shape index (κ3) is 4.22. The number of aryl methyl sites for hydroxylation is 1. The first kappa shape index (κ1) is 22.6. The lowest BCUT2D eigenvalue weighted by molar-refractivity contribution is 0.0950. The number of hydrogen-bond acceptors (Lipinski definition) is 7. The van der Waals surface area contributed by atoms with Crippen LogP contribution < -0.4 is 11.1 Å². The lowest BCUT2D eigenvalue weighted by atomic mass is 10.1. The van der Waals surface area contributed by atoms with Gasteiger partial charge in [0.2, 0.25) is 0 Å². The molecule has 0 saturated carbocycles. The summed E-state index contributed by atoms with van der Waals surface area (Å²) in [5.41, 5.74) is 11.2. The van der Waals surface area contributed by atoms with E-state index in [4.69, 9.17) is 10.8 Å².